The van der Waals surface area contributed by atoms with Gasteiger partial charge in [0.25, 0.3) is 0 Å². The van der Waals surface area contributed by atoms with Gasteiger partial charge >= 0.3 is 0 Å². The number of carbonyl (C=O) groups is 1. The lowest BCUT2D eigenvalue weighted by Gasteiger charge is -2.30. The number of rotatable bonds is 4. The van der Waals surface area contributed by atoms with E-state index >= 15 is 0 Å². The van der Waals surface area contributed by atoms with Gasteiger partial charge < -0.3 is 15.1 Å². The third-order valence-electron chi connectivity index (χ3n) is 3.77. The maximum atomic E-state index is 12.5. The maximum absolute atomic E-state index is 12.5. The first kappa shape index (κ1) is 13.6. The van der Waals surface area contributed by atoms with Gasteiger partial charge in [-0.2, -0.15) is 0 Å². The van der Waals surface area contributed by atoms with Crippen LogP contribution >= 0.6 is 15.9 Å². The molecule has 1 aromatic heterocycles. The van der Waals surface area contributed by atoms with Crippen molar-refractivity contribution in [3.05, 3.63) is 22.6 Å². The van der Waals surface area contributed by atoms with Gasteiger partial charge in [0.2, 0.25) is 5.91 Å². The number of hydrogen-bond donors (Lipinski definition) is 1. The Hall–Kier alpha value is -0.810. The molecule has 4 nitrogen and oxygen atoms in total. The normalized spacial score (nSPS) is 17.9. The lowest BCUT2D eigenvalue weighted by molar-refractivity contribution is -0.140. The predicted octanol–water partition coefficient (Wildman–Crippen LogP) is 2.52. The first-order chi connectivity index (χ1) is 8.57. The summed E-state index contributed by atoms with van der Waals surface area (Å²) in [7, 11) is 1.81. The van der Waals surface area contributed by atoms with Crippen molar-refractivity contribution in [1.82, 2.24) is 4.90 Å². The van der Waals surface area contributed by atoms with Crippen molar-refractivity contribution in [2.24, 2.45) is 11.1 Å². The van der Waals surface area contributed by atoms with Crippen LogP contribution in [-0.4, -0.2) is 24.4 Å². The van der Waals surface area contributed by atoms with Crippen LogP contribution in [0.4, 0.5) is 0 Å². The van der Waals surface area contributed by atoms with E-state index in [4.69, 9.17) is 10.2 Å². The molecule has 5 heteroatoms. The van der Waals surface area contributed by atoms with Crippen molar-refractivity contribution in [3.8, 4) is 0 Å². The predicted molar refractivity (Wildman–Crippen MR) is 72.8 cm³/mol. The molecule has 1 aliphatic rings. The standard InChI is InChI=1S/C13H19BrN2O2/c1-16(8-10-4-5-11(14)18-10)12(17)13(9-15)6-2-3-7-13/h4-5H,2-3,6-9,15H2,1H3. The second-order valence-electron chi connectivity index (χ2n) is 5.06. The molecule has 1 aromatic rings. The van der Waals surface area contributed by atoms with Crippen LogP contribution in [0.15, 0.2) is 21.2 Å². The first-order valence-corrected chi connectivity index (χ1v) is 7.06. The zero-order chi connectivity index (χ0) is 13.2. The summed E-state index contributed by atoms with van der Waals surface area (Å²) in [5.41, 5.74) is 5.49. The van der Waals surface area contributed by atoms with Crippen LogP contribution in [0.2, 0.25) is 0 Å². The maximum Gasteiger partial charge on any atom is 0.230 e. The first-order valence-electron chi connectivity index (χ1n) is 6.27. The largest absolute Gasteiger partial charge is 0.452 e. The molecule has 0 bridgehead atoms. The second kappa shape index (κ2) is 5.45. The quantitative estimate of drug-likeness (QED) is 0.929. The molecule has 1 amide bonds. The van der Waals surface area contributed by atoms with Gasteiger partial charge in [-0.1, -0.05) is 12.8 Å². The van der Waals surface area contributed by atoms with Crippen LogP contribution in [-0.2, 0) is 11.3 Å². The van der Waals surface area contributed by atoms with Crippen LogP contribution in [0, 0.1) is 5.41 Å². The Bertz CT molecular complexity index is 424. The summed E-state index contributed by atoms with van der Waals surface area (Å²) in [6.45, 7) is 0.935. The van der Waals surface area contributed by atoms with E-state index in [-0.39, 0.29) is 11.3 Å². The van der Waals surface area contributed by atoms with Crippen LogP contribution < -0.4 is 5.73 Å². The van der Waals surface area contributed by atoms with Crippen molar-refractivity contribution in [3.63, 3.8) is 0 Å². The Morgan fingerprint density at radius 3 is 2.67 bits per heavy atom. The van der Waals surface area contributed by atoms with Crippen molar-refractivity contribution >= 4 is 21.8 Å². The van der Waals surface area contributed by atoms with Gasteiger partial charge in [-0.3, -0.25) is 4.79 Å². The highest BCUT2D eigenvalue weighted by molar-refractivity contribution is 9.10. The molecule has 0 saturated heterocycles. The van der Waals surface area contributed by atoms with Crippen LogP contribution in [0.25, 0.3) is 0 Å². The fraction of sp³-hybridized carbons (Fsp3) is 0.615. The van der Waals surface area contributed by atoms with E-state index < -0.39 is 0 Å². The molecule has 2 rings (SSSR count). The third-order valence-corrected chi connectivity index (χ3v) is 4.20. The SMILES string of the molecule is CN(Cc1ccc(Br)o1)C(=O)C1(CN)CCCC1. The number of furan rings is 1. The van der Waals surface area contributed by atoms with Crippen molar-refractivity contribution in [1.29, 1.82) is 0 Å². The fourth-order valence-corrected chi connectivity index (χ4v) is 3.04. The zero-order valence-electron chi connectivity index (χ0n) is 10.6. The Labute approximate surface area is 116 Å². The van der Waals surface area contributed by atoms with Crippen LogP contribution in [0.5, 0.6) is 0 Å². The van der Waals surface area contributed by atoms with Crippen molar-refractivity contribution in [2.75, 3.05) is 13.6 Å². The summed E-state index contributed by atoms with van der Waals surface area (Å²) < 4.78 is 6.11. The highest BCUT2D eigenvalue weighted by Gasteiger charge is 2.41. The number of amides is 1. The van der Waals surface area contributed by atoms with Gasteiger partial charge in [-0.05, 0) is 40.9 Å². The van der Waals surface area contributed by atoms with Gasteiger partial charge in [0.05, 0.1) is 12.0 Å². The molecule has 1 aliphatic carbocycles. The molecule has 100 valence electrons. The minimum atomic E-state index is -0.335. The van der Waals surface area contributed by atoms with Crippen LogP contribution in [0.1, 0.15) is 31.4 Å². The molecule has 18 heavy (non-hydrogen) atoms. The highest BCUT2D eigenvalue weighted by Crippen LogP contribution is 2.38. The number of hydrogen-bond acceptors (Lipinski definition) is 3. The molecule has 1 saturated carbocycles. The molecular formula is C13H19BrN2O2. The number of nitrogens with zero attached hydrogens (tertiary/aromatic N) is 1. The molecule has 0 aliphatic heterocycles. The van der Waals surface area contributed by atoms with E-state index in [2.05, 4.69) is 15.9 Å². The summed E-state index contributed by atoms with van der Waals surface area (Å²) in [6, 6.07) is 3.71. The fourth-order valence-electron chi connectivity index (χ4n) is 2.70. The lowest BCUT2D eigenvalue weighted by atomic mass is 9.85. The zero-order valence-corrected chi connectivity index (χ0v) is 12.2. The lowest BCUT2D eigenvalue weighted by Crippen LogP contribution is -2.44. The van der Waals surface area contributed by atoms with Gasteiger partial charge in [-0.15, -0.1) is 0 Å². The summed E-state index contributed by atoms with van der Waals surface area (Å²) >= 11 is 3.26. The Balaban J connectivity index is 2.04. The molecule has 1 fully saturated rings. The Morgan fingerprint density at radius 1 is 1.50 bits per heavy atom. The molecule has 0 atom stereocenters. The average molecular weight is 315 g/mol. The smallest absolute Gasteiger partial charge is 0.230 e. The average Bonchev–Trinajstić information content (AvgIpc) is 2.98. The van der Waals surface area contributed by atoms with E-state index in [1.807, 2.05) is 19.2 Å². The van der Waals surface area contributed by atoms with E-state index in [0.717, 1.165) is 31.4 Å². The van der Waals surface area contributed by atoms with Crippen LogP contribution in [0.3, 0.4) is 0 Å². The van der Waals surface area contributed by atoms with Crippen molar-refractivity contribution < 1.29 is 9.21 Å². The number of carbonyl (C=O) groups excluding carboxylic acids is 1. The second-order valence-corrected chi connectivity index (χ2v) is 5.84. The molecule has 1 heterocycles. The summed E-state index contributed by atoms with van der Waals surface area (Å²) in [5, 5.41) is 0. The van der Waals surface area contributed by atoms with Gasteiger partial charge in [0, 0.05) is 13.6 Å². The number of nitrogens with two attached hydrogens (primary N) is 1. The number of halogens is 1. The minimum Gasteiger partial charge on any atom is -0.452 e. The summed E-state index contributed by atoms with van der Waals surface area (Å²) in [4.78, 5) is 14.2. The molecule has 0 radical (unpaired) electrons. The molecular weight excluding hydrogens is 296 g/mol. The van der Waals surface area contributed by atoms with Gasteiger partial charge in [0.15, 0.2) is 4.67 Å². The van der Waals surface area contributed by atoms with E-state index in [0.29, 0.717) is 17.8 Å². The van der Waals surface area contributed by atoms with Gasteiger partial charge in [0.1, 0.15) is 5.76 Å². The monoisotopic (exact) mass is 314 g/mol. The van der Waals surface area contributed by atoms with Gasteiger partial charge in [-0.25, -0.2) is 0 Å². The third kappa shape index (κ3) is 2.62. The Morgan fingerprint density at radius 2 is 2.17 bits per heavy atom. The molecule has 0 spiro atoms. The minimum absolute atomic E-state index is 0.148. The van der Waals surface area contributed by atoms with E-state index in [1.54, 1.807) is 4.90 Å². The summed E-state index contributed by atoms with van der Waals surface area (Å²) in [6.07, 6.45) is 4.02. The van der Waals surface area contributed by atoms with E-state index in [9.17, 15) is 4.79 Å². The molecule has 2 N–H and O–H groups in total. The van der Waals surface area contributed by atoms with E-state index in [1.165, 1.54) is 0 Å². The highest BCUT2D eigenvalue weighted by atomic mass is 79.9. The topological polar surface area (TPSA) is 59.5 Å². The van der Waals surface area contributed by atoms with Crippen molar-refractivity contribution in [2.45, 2.75) is 32.2 Å². The Kier molecular flexibility index (Phi) is 4.12. The summed E-state index contributed by atoms with van der Waals surface area (Å²) in [5.74, 6) is 0.929. The molecule has 0 unspecified atom stereocenters. The molecule has 0 aromatic carbocycles.